The monoisotopic (exact) mass is 197 g/mol. The maximum atomic E-state index is 11.6. The van der Waals surface area contributed by atoms with Gasteiger partial charge in [-0.3, -0.25) is 5.73 Å². The molecule has 1 aliphatic rings. The van der Waals surface area contributed by atoms with Crippen molar-refractivity contribution in [1.82, 2.24) is 0 Å². The minimum Gasteiger partial charge on any atom is -0.457 e. The second-order valence-electron chi connectivity index (χ2n) is 4.31. The van der Waals surface area contributed by atoms with Gasteiger partial charge in [-0.2, -0.15) is 5.11 Å². The molecule has 1 atom stereocenters. The number of hydrogen-bond donors (Lipinski definition) is 1. The first-order valence-corrected chi connectivity index (χ1v) is 4.38. The number of hydrogen-bond acceptors (Lipinski definition) is 5. The predicted octanol–water partition coefficient (Wildman–Crippen LogP) is 1.35. The third-order valence-electron chi connectivity index (χ3n) is 1.53. The van der Waals surface area contributed by atoms with Gasteiger partial charge >= 0.3 is 5.97 Å². The number of nitrogens with two attached hydrogens (primary N) is 1. The number of carbonyl (C=O) groups is 1. The highest BCUT2D eigenvalue weighted by Gasteiger charge is 2.39. The molecule has 0 radical (unpaired) electrons. The number of carbonyl (C=O) groups excluding carboxylic acids is 1. The van der Waals surface area contributed by atoms with E-state index in [1.807, 2.05) is 0 Å². The molecule has 1 aliphatic heterocycles. The van der Waals surface area contributed by atoms with Crippen molar-refractivity contribution in [3.8, 4) is 0 Å². The first-order valence-electron chi connectivity index (χ1n) is 4.38. The molecule has 1 unspecified atom stereocenters. The molecule has 5 nitrogen and oxygen atoms in total. The lowest BCUT2D eigenvalue weighted by Gasteiger charge is -2.24. The van der Waals surface area contributed by atoms with Gasteiger partial charge in [0.25, 0.3) is 0 Å². The Morgan fingerprint density at radius 2 is 2.14 bits per heavy atom. The lowest BCUT2D eigenvalue weighted by molar-refractivity contribution is -0.159. The fourth-order valence-electron chi connectivity index (χ4n) is 0.997. The van der Waals surface area contributed by atoms with Gasteiger partial charge < -0.3 is 4.74 Å². The number of esters is 1. The van der Waals surface area contributed by atoms with Crippen LogP contribution in [0.2, 0.25) is 0 Å². The Morgan fingerprint density at radius 3 is 2.50 bits per heavy atom. The minimum absolute atomic E-state index is 0.566. The second kappa shape index (κ2) is 3.16. The summed E-state index contributed by atoms with van der Waals surface area (Å²) >= 11 is 0. The van der Waals surface area contributed by atoms with Crippen LogP contribution in [0.25, 0.3) is 0 Å². The predicted molar refractivity (Wildman–Crippen MR) is 51.4 cm³/mol. The summed E-state index contributed by atoms with van der Waals surface area (Å²) in [5.41, 5.74) is 4.31. The van der Waals surface area contributed by atoms with E-state index in [1.54, 1.807) is 27.7 Å². The smallest absolute Gasteiger partial charge is 0.355 e. The highest BCUT2D eigenvalue weighted by atomic mass is 16.6. The van der Waals surface area contributed by atoms with Gasteiger partial charge in [-0.15, -0.1) is 5.11 Å². The van der Waals surface area contributed by atoms with Crippen molar-refractivity contribution >= 4 is 5.97 Å². The highest BCUT2D eigenvalue weighted by molar-refractivity contribution is 5.83. The maximum Gasteiger partial charge on any atom is 0.355 e. The van der Waals surface area contributed by atoms with Crippen molar-refractivity contribution in [2.75, 3.05) is 0 Å². The molecule has 1 rings (SSSR count). The molecule has 2 N–H and O–H groups in total. The average Bonchev–Trinajstić information content (AvgIpc) is 2.29. The molecular formula is C9H15N3O2. The summed E-state index contributed by atoms with van der Waals surface area (Å²) < 4.78 is 5.11. The first kappa shape index (κ1) is 10.8. The molecule has 0 aromatic heterocycles. The van der Waals surface area contributed by atoms with Gasteiger partial charge in [0.05, 0.1) is 5.70 Å². The molecular weight excluding hydrogens is 182 g/mol. The first-order chi connectivity index (χ1) is 6.23. The maximum absolute atomic E-state index is 11.6. The molecule has 0 aliphatic carbocycles. The minimum atomic E-state index is -1.43. The molecule has 0 fully saturated rings. The normalized spacial score (nSPS) is 26.2. The lowest BCUT2D eigenvalue weighted by atomic mass is 10.1. The molecule has 78 valence electrons. The van der Waals surface area contributed by atoms with E-state index in [0.717, 1.165) is 0 Å². The van der Waals surface area contributed by atoms with Gasteiger partial charge in [0, 0.05) is 0 Å². The Balaban J connectivity index is 2.77. The zero-order chi connectivity index (χ0) is 11.0. The van der Waals surface area contributed by atoms with Crippen molar-refractivity contribution in [3.63, 3.8) is 0 Å². The van der Waals surface area contributed by atoms with E-state index in [9.17, 15) is 4.79 Å². The van der Waals surface area contributed by atoms with Crippen LogP contribution in [0.3, 0.4) is 0 Å². The fraction of sp³-hybridized carbons (Fsp3) is 0.667. The van der Waals surface area contributed by atoms with E-state index in [-0.39, 0.29) is 0 Å². The second-order valence-corrected chi connectivity index (χ2v) is 4.31. The van der Waals surface area contributed by atoms with E-state index in [1.165, 1.54) is 6.08 Å². The molecule has 0 aromatic carbocycles. The molecule has 0 saturated heterocycles. The van der Waals surface area contributed by atoms with Gasteiger partial charge in [0.15, 0.2) is 0 Å². The molecule has 0 amide bonds. The van der Waals surface area contributed by atoms with Crippen LogP contribution in [0.4, 0.5) is 0 Å². The lowest BCUT2D eigenvalue weighted by Crippen LogP contribution is -2.47. The van der Waals surface area contributed by atoms with Crippen LogP contribution in [-0.4, -0.2) is 17.2 Å². The Kier molecular flexibility index (Phi) is 2.45. The third-order valence-corrected chi connectivity index (χ3v) is 1.53. The zero-order valence-electron chi connectivity index (χ0n) is 8.87. The van der Waals surface area contributed by atoms with Crippen LogP contribution < -0.4 is 5.73 Å². The van der Waals surface area contributed by atoms with E-state index < -0.39 is 17.2 Å². The van der Waals surface area contributed by atoms with E-state index in [2.05, 4.69) is 10.2 Å². The highest BCUT2D eigenvalue weighted by Crippen LogP contribution is 2.22. The fourth-order valence-corrected chi connectivity index (χ4v) is 0.997. The topological polar surface area (TPSA) is 77.0 Å². The van der Waals surface area contributed by atoms with Crippen molar-refractivity contribution in [3.05, 3.63) is 11.8 Å². The average molecular weight is 197 g/mol. The van der Waals surface area contributed by atoms with Gasteiger partial charge in [-0.05, 0) is 33.8 Å². The summed E-state index contributed by atoms with van der Waals surface area (Å²) in [6.07, 6.45) is 1.49. The Hall–Kier alpha value is -1.23. The van der Waals surface area contributed by atoms with Gasteiger partial charge in [0.2, 0.25) is 5.66 Å². The zero-order valence-corrected chi connectivity index (χ0v) is 8.87. The molecule has 5 heteroatoms. The van der Waals surface area contributed by atoms with Crippen LogP contribution in [0.5, 0.6) is 0 Å². The largest absolute Gasteiger partial charge is 0.457 e. The molecule has 14 heavy (non-hydrogen) atoms. The number of nitrogens with zero attached hydrogens (tertiary/aromatic N) is 2. The van der Waals surface area contributed by atoms with Crippen molar-refractivity contribution in [2.24, 2.45) is 16.0 Å². The van der Waals surface area contributed by atoms with Gasteiger partial charge in [-0.1, -0.05) is 0 Å². The van der Waals surface area contributed by atoms with Gasteiger partial charge in [-0.25, -0.2) is 4.79 Å². The SMILES string of the molecule is CC1=CC(N)(C(=O)OC(C)(C)C)N=N1. The molecule has 0 bridgehead atoms. The number of azo groups is 1. The third kappa shape index (κ3) is 2.38. The Bertz CT molecular complexity index is 315. The van der Waals surface area contributed by atoms with Crippen molar-refractivity contribution < 1.29 is 9.53 Å². The summed E-state index contributed by atoms with van der Waals surface area (Å²) in [5, 5.41) is 7.37. The summed E-state index contributed by atoms with van der Waals surface area (Å²) in [7, 11) is 0. The van der Waals surface area contributed by atoms with E-state index in [0.29, 0.717) is 5.70 Å². The summed E-state index contributed by atoms with van der Waals surface area (Å²) in [4.78, 5) is 11.6. The van der Waals surface area contributed by atoms with E-state index in [4.69, 9.17) is 10.5 Å². The Labute approximate surface area is 83.0 Å². The molecule has 0 saturated carbocycles. The summed E-state index contributed by atoms with van der Waals surface area (Å²) in [6, 6.07) is 0. The van der Waals surface area contributed by atoms with Crippen molar-refractivity contribution in [2.45, 2.75) is 39.0 Å². The number of ether oxygens (including phenoxy) is 1. The molecule has 0 spiro atoms. The van der Waals surface area contributed by atoms with Crippen LogP contribution in [0.15, 0.2) is 22.0 Å². The number of allylic oxidation sites excluding steroid dienone is 1. The van der Waals surface area contributed by atoms with Crippen LogP contribution >= 0.6 is 0 Å². The van der Waals surface area contributed by atoms with Gasteiger partial charge in [0.1, 0.15) is 5.60 Å². The standard InChI is InChI=1S/C9H15N3O2/c1-6-5-9(10,12-11-6)7(13)14-8(2,3)4/h5H,10H2,1-4H3. The van der Waals surface area contributed by atoms with Crippen LogP contribution in [0.1, 0.15) is 27.7 Å². The van der Waals surface area contributed by atoms with Crippen LogP contribution in [-0.2, 0) is 9.53 Å². The quantitative estimate of drug-likeness (QED) is 0.644. The van der Waals surface area contributed by atoms with E-state index >= 15 is 0 Å². The summed E-state index contributed by atoms with van der Waals surface area (Å²) in [5.74, 6) is -0.578. The molecule has 1 heterocycles. The molecule has 0 aromatic rings. The number of rotatable bonds is 1. The Morgan fingerprint density at radius 1 is 1.57 bits per heavy atom. The van der Waals surface area contributed by atoms with Crippen molar-refractivity contribution in [1.29, 1.82) is 0 Å². The summed E-state index contributed by atoms with van der Waals surface area (Å²) in [6.45, 7) is 7.05. The van der Waals surface area contributed by atoms with Crippen LogP contribution in [0, 0.1) is 0 Å².